The zero-order valence-electron chi connectivity index (χ0n) is 46.6. The highest BCUT2D eigenvalue weighted by molar-refractivity contribution is 5.76. The van der Waals surface area contributed by atoms with Gasteiger partial charge in [0.2, 0.25) is 5.91 Å². The lowest BCUT2D eigenvalue weighted by molar-refractivity contribution is -0.143. The Balaban J connectivity index is 3.36. The number of aliphatic hydroxyl groups excluding tert-OH is 2. The maximum Gasteiger partial charge on any atom is 0.305 e. The number of hydrogen-bond acceptors (Lipinski definition) is 5. The molecule has 0 heterocycles. The van der Waals surface area contributed by atoms with E-state index in [0.29, 0.717) is 19.4 Å². The Bertz CT molecular complexity index is 1080. The zero-order chi connectivity index (χ0) is 50.0. The van der Waals surface area contributed by atoms with Crippen molar-refractivity contribution in [2.75, 3.05) is 13.2 Å². The Labute approximate surface area is 431 Å². The number of carbonyl (C=O) groups is 2. The summed E-state index contributed by atoms with van der Waals surface area (Å²) in [7, 11) is 0. The van der Waals surface area contributed by atoms with Crippen molar-refractivity contribution in [1.82, 2.24) is 5.32 Å². The van der Waals surface area contributed by atoms with E-state index in [1.807, 2.05) is 6.08 Å². The largest absolute Gasteiger partial charge is 0.466 e. The van der Waals surface area contributed by atoms with Gasteiger partial charge in [0.15, 0.2) is 0 Å². The fraction of sp³-hybridized carbons (Fsp3) is 0.905. The summed E-state index contributed by atoms with van der Waals surface area (Å²) < 4.78 is 5.50. The number of rotatable bonds is 58. The van der Waals surface area contributed by atoms with Gasteiger partial charge in [-0.1, -0.05) is 295 Å². The lowest BCUT2D eigenvalue weighted by atomic mass is 10.0. The number of carbonyl (C=O) groups excluding carboxylic acids is 2. The first-order valence-electron chi connectivity index (χ1n) is 31.1. The Kier molecular flexibility index (Phi) is 57.5. The van der Waals surface area contributed by atoms with Crippen molar-refractivity contribution >= 4 is 11.9 Å². The second kappa shape index (κ2) is 58.9. The summed E-state index contributed by atoms with van der Waals surface area (Å²) in [4.78, 5) is 24.5. The molecular formula is C63H121NO5. The van der Waals surface area contributed by atoms with Crippen molar-refractivity contribution in [2.45, 2.75) is 353 Å². The van der Waals surface area contributed by atoms with E-state index in [4.69, 9.17) is 4.74 Å². The zero-order valence-corrected chi connectivity index (χ0v) is 46.6. The average Bonchev–Trinajstić information content (AvgIpc) is 3.35. The molecule has 2 atom stereocenters. The van der Waals surface area contributed by atoms with Gasteiger partial charge in [-0.3, -0.25) is 9.59 Å². The van der Waals surface area contributed by atoms with E-state index < -0.39 is 12.1 Å². The maximum absolute atomic E-state index is 12.4. The van der Waals surface area contributed by atoms with Crippen LogP contribution in [-0.2, 0) is 14.3 Å². The third kappa shape index (κ3) is 55.5. The number of unbranched alkanes of at least 4 members (excludes halogenated alkanes) is 45. The lowest BCUT2D eigenvalue weighted by Gasteiger charge is -2.20. The normalized spacial score (nSPS) is 12.7. The van der Waals surface area contributed by atoms with Crippen LogP contribution in [0.1, 0.15) is 341 Å². The molecule has 0 fully saturated rings. The van der Waals surface area contributed by atoms with E-state index in [2.05, 4.69) is 31.3 Å². The third-order valence-electron chi connectivity index (χ3n) is 14.5. The molecule has 0 bridgehead atoms. The quantitative estimate of drug-likeness (QED) is 0.0321. The summed E-state index contributed by atoms with van der Waals surface area (Å²) in [6, 6.07) is -0.628. The van der Waals surface area contributed by atoms with Crippen molar-refractivity contribution in [3.63, 3.8) is 0 Å². The minimum atomic E-state index is -0.844. The molecule has 0 saturated heterocycles. The maximum atomic E-state index is 12.4. The Morgan fingerprint density at radius 2 is 0.681 bits per heavy atom. The number of aliphatic hydroxyl groups is 2. The summed E-state index contributed by atoms with van der Waals surface area (Å²) in [5, 5.41) is 23.0. The second-order valence-corrected chi connectivity index (χ2v) is 21.4. The molecule has 1 amide bonds. The molecule has 0 aliphatic rings. The number of nitrogens with one attached hydrogen (secondary N) is 1. The van der Waals surface area contributed by atoms with Crippen LogP contribution < -0.4 is 5.32 Å². The van der Waals surface area contributed by atoms with E-state index in [1.54, 1.807) is 6.08 Å². The molecule has 0 radical (unpaired) electrons. The fourth-order valence-corrected chi connectivity index (χ4v) is 9.69. The average molecular weight is 973 g/mol. The number of ether oxygens (including phenoxy) is 1. The van der Waals surface area contributed by atoms with Gasteiger partial charge >= 0.3 is 5.97 Å². The van der Waals surface area contributed by atoms with Crippen molar-refractivity contribution < 1.29 is 24.5 Å². The monoisotopic (exact) mass is 972 g/mol. The van der Waals surface area contributed by atoms with Gasteiger partial charge in [-0.2, -0.15) is 0 Å². The first kappa shape index (κ1) is 67.3. The molecule has 0 aromatic carbocycles. The highest BCUT2D eigenvalue weighted by Crippen LogP contribution is 2.17. The molecular weight excluding hydrogens is 851 g/mol. The van der Waals surface area contributed by atoms with E-state index in [9.17, 15) is 19.8 Å². The highest BCUT2D eigenvalue weighted by Gasteiger charge is 2.18. The van der Waals surface area contributed by atoms with Gasteiger partial charge in [0.05, 0.1) is 25.4 Å². The van der Waals surface area contributed by atoms with Gasteiger partial charge < -0.3 is 20.3 Å². The van der Waals surface area contributed by atoms with Crippen molar-refractivity contribution in [2.24, 2.45) is 0 Å². The fourth-order valence-electron chi connectivity index (χ4n) is 9.69. The molecule has 408 valence electrons. The predicted molar refractivity (Wildman–Crippen MR) is 301 cm³/mol. The summed E-state index contributed by atoms with van der Waals surface area (Å²) in [5.74, 6) is -0.0550. The van der Waals surface area contributed by atoms with Crippen LogP contribution in [0.2, 0.25) is 0 Å². The summed E-state index contributed by atoms with van der Waals surface area (Å²) in [6.45, 7) is 4.90. The first-order valence-corrected chi connectivity index (χ1v) is 31.1. The number of allylic oxidation sites excluding steroid dienone is 3. The third-order valence-corrected chi connectivity index (χ3v) is 14.5. The molecule has 0 aliphatic carbocycles. The summed E-state index contributed by atoms with van der Waals surface area (Å²) >= 11 is 0. The Hall–Kier alpha value is -1.66. The summed E-state index contributed by atoms with van der Waals surface area (Å²) in [6.07, 6.45) is 72.3. The van der Waals surface area contributed by atoms with Gasteiger partial charge in [0, 0.05) is 12.8 Å². The highest BCUT2D eigenvalue weighted by atomic mass is 16.5. The van der Waals surface area contributed by atoms with Crippen molar-refractivity contribution in [3.05, 3.63) is 24.3 Å². The van der Waals surface area contributed by atoms with Crippen LogP contribution >= 0.6 is 0 Å². The van der Waals surface area contributed by atoms with E-state index in [0.717, 1.165) is 38.5 Å². The molecule has 6 nitrogen and oxygen atoms in total. The van der Waals surface area contributed by atoms with Crippen molar-refractivity contribution in [3.8, 4) is 0 Å². The Morgan fingerprint density at radius 1 is 0.391 bits per heavy atom. The van der Waals surface area contributed by atoms with Crippen LogP contribution in [0.15, 0.2) is 24.3 Å². The molecule has 69 heavy (non-hydrogen) atoms. The molecule has 0 aromatic heterocycles. The Morgan fingerprint density at radius 3 is 1.03 bits per heavy atom. The molecule has 0 aromatic rings. The van der Waals surface area contributed by atoms with Crippen LogP contribution in [0, 0.1) is 0 Å². The van der Waals surface area contributed by atoms with Crippen LogP contribution in [0.25, 0.3) is 0 Å². The van der Waals surface area contributed by atoms with Crippen LogP contribution in [0.5, 0.6) is 0 Å². The molecule has 0 saturated carbocycles. The first-order chi connectivity index (χ1) is 34.0. The number of amides is 1. The van der Waals surface area contributed by atoms with Gasteiger partial charge in [0.25, 0.3) is 0 Å². The van der Waals surface area contributed by atoms with E-state index in [-0.39, 0.29) is 18.5 Å². The van der Waals surface area contributed by atoms with Gasteiger partial charge in [-0.25, -0.2) is 0 Å². The molecule has 3 N–H and O–H groups in total. The second-order valence-electron chi connectivity index (χ2n) is 21.4. The molecule has 0 rings (SSSR count). The van der Waals surface area contributed by atoms with Crippen LogP contribution in [-0.4, -0.2) is 47.4 Å². The smallest absolute Gasteiger partial charge is 0.305 e. The topological polar surface area (TPSA) is 95.9 Å². The molecule has 2 unspecified atom stereocenters. The number of esters is 1. The van der Waals surface area contributed by atoms with Crippen LogP contribution in [0.3, 0.4) is 0 Å². The molecule has 0 spiro atoms. The summed E-state index contributed by atoms with van der Waals surface area (Å²) in [5.41, 5.74) is 0. The molecule has 0 aliphatic heterocycles. The number of hydrogen-bond donors (Lipinski definition) is 3. The lowest BCUT2D eigenvalue weighted by Crippen LogP contribution is -2.45. The van der Waals surface area contributed by atoms with Gasteiger partial charge in [-0.05, 0) is 57.8 Å². The minimum Gasteiger partial charge on any atom is -0.466 e. The SMILES string of the molecule is CCCCCCCCCC/C=C/C(O)C(CO)NC(=O)CCCCCCCCCCC/C=C\CCCCCCCCCCCCCCOC(=O)CCCCCCCCCCCCCCCCCCC. The van der Waals surface area contributed by atoms with Crippen LogP contribution in [0.4, 0.5) is 0 Å². The van der Waals surface area contributed by atoms with Gasteiger partial charge in [-0.15, -0.1) is 0 Å². The van der Waals surface area contributed by atoms with Gasteiger partial charge in [0.1, 0.15) is 0 Å². The standard InChI is InChI=1S/C63H121NO5/c1-3-5-7-9-11-13-15-16-17-27-31-34-37-41-45-49-53-57-63(68)69-58-54-50-46-42-38-35-32-29-26-24-22-20-18-19-21-23-25-28-30-33-36-40-44-48-52-56-62(67)64-60(59-65)61(66)55-51-47-43-39-14-12-10-8-6-4-2/h19,21,51,55,60-61,65-66H,3-18,20,22-50,52-54,56-59H2,1-2H3,(H,64,67)/b21-19-,55-51+. The van der Waals surface area contributed by atoms with E-state index in [1.165, 1.54) is 276 Å². The minimum absolute atomic E-state index is 0.0171. The van der Waals surface area contributed by atoms with E-state index >= 15 is 0 Å². The molecule has 6 heteroatoms. The van der Waals surface area contributed by atoms with Crippen molar-refractivity contribution in [1.29, 1.82) is 0 Å². The predicted octanol–water partition coefficient (Wildman–Crippen LogP) is 19.4.